The summed E-state index contributed by atoms with van der Waals surface area (Å²) in [6.07, 6.45) is 0.313. The van der Waals surface area contributed by atoms with E-state index >= 15 is 0 Å². The van der Waals surface area contributed by atoms with Crippen molar-refractivity contribution in [2.45, 2.75) is 6.42 Å². The zero-order valence-corrected chi connectivity index (χ0v) is 16.2. The molecule has 3 rings (SSSR count). The Morgan fingerprint density at radius 1 is 1.26 bits per heavy atom. The number of thioether (sulfide) groups is 1. The lowest BCUT2D eigenvalue weighted by molar-refractivity contribution is -0.137. The topological polar surface area (TPSA) is 84.1 Å². The second kappa shape index (κ2) is 8.92. The Kier molecular flexibility index (Phi) is 6.36. The lowest BCUT2D eigenvalue weighted by Crippen LogP contribution is -2.13. The van der Waals surface area contributed by atoms with Crippen LogP contribution < -0.4 is 5.32 Å². The molecule has 0 spiro atoms. The average Bonchev–Trinajstić information content (AvgIpc) is 3.08. The van der Waals surface area contributed by atoms with Gasteiger partial charge < -0.3 is 15.0 Å². The van der Waals surface area contributed by atoms with E-state index in [1.165, 1.54) is 18.9 Å². The highest BCUT2D eigenvalue weighted by molar-refractivity contribution is 7.99. The number of H-pyrrole nitrogens is 1. The van der Waals surface area contributed by atoms with E-state index in [2.05, 4.69) is 20.0 Å². The van der Waals surface area contributed by atoms with Crippen molar-refractivity contribution < 1.29 is 14.3 Å². The molecule has 0 bridgehead atoms. The van der Waals surface area contributed by atoms with Gasteiger partial charge >= 0.3 is 5.97 Å². The molecule has 2 N–H and O–H groups in total. The number of methoxy groups -OCH3 is 1. The minimum absolute atomic E-state index is 0.113. The fourth-order valence-corrected chi connectivity index (χ4v) is 3.45. The largest absolute Gasteiger partial charge is 0.468 e. The third kappa shape index (κ3) is 5.02. The van der Waals surface area contributed by atoms with Crippen molar-refractivity contribution in [1.29, 1.82) is 0 Å². The molecular formula is C19H18ClN3O3S. The van der Waals surface area contributed by atoms with Gasteiger partial charge in [-0.1, -0.05) is 23.7 Å². The van der Waals surface area contributed by atoms with Gasteiger partial charge in [0.25, 0.3) is 0 Å². The normalized spacial score (nSPS) is 10.7. The van der Waals surface area contributed by atoms with E-state index in [-0.39, 0.29) is 17.6 Å². The Morgan fingerprint density at radius 3 is 2.85 bits per heavy atom. The molecule has 140 valence electrons. The van der Waals surface area contributed by atoms with Gasteiger partial charge in [-0.3, -0.25) is 9.59 Å². The Bertz CT molecular complexity index is 974. The molecule has 2 aromatic carbocycles. The van der Waals surface area contributed by atoms with E-state index in [1.54, 1.807) is 6.07 Å². The molecule has 6 nitrogen and oxygen atoms in total. The number of carbonyl (C=O) groups is 2. The van der Waals surface area contributed by atoms with Gasteiger partial charge in [0.15, 0.2) is 0 Å². The summed E-state index contributed by atoms with van der Waals surface area (Å²) in [6, 6.07) is 13.0. The van der Waals surface area contributed by atoms with E-state index < -0.39 is 0 Å². The maximum Gasteiger partial charge on any atom is 0.315 e. The number of halogens is 1. The molecule has 1 heterocycles. The number of aromatic amines is 1. The minimum Gasteiger partial charge on any atom is -0.468 e. The number of fused-ring (bicyclic) bond motifs is 1. The van der Waals surface area contributed by atoms with Crippen LogP contribution in [0.1, 0.15) is 6.42 Å². The first-order valence-corrected chi connectivity index (χ1v) is 9.79. The average molecular weight is 404 g/mol. The molecule has 0 saturated heterocycles. The van der Waals surface area contributed by atoms with Crippen LogP contribution in [0.15, 0.2) is 42.5 Å². The Balaban J connectivity index is 1.64. The number of nitrogens with one attached hydrogen (secondary N) is 2. The van der Waals surface area contributed by atoms with E-state index in [0.29, 0.717) is 28.7 Å². The molecule has 0 aliphatic rings. The molecule has 0 saturated carbocycles. The number of carbonyl (C=O) groups excluding carboxylic acids is 2. The summed E-state index contributed by atoms with van der Waals surface area (Å²) >= 11 is 7.59. The molecule has 0 unspecified atom stereocenters. The molecule has 3 aromatic rings. The van der Waals surface area contributed by atoms with Crippen LogP contribution in [-0.2, 0) is 14.3 Å². The van der Waals surface area contributed by atoms with Gasteiger partial charge in [0, 0.05) is 23.4 Å². The van der Waals surface area contributed by atoms with Crippen molar-refractivity contribution in [2.75, 3.05) is 23.9 Å². The van der Waals surface area contributed by atoms with Gasteiger partial charge in [-0.2, -0.15) is 0 Å². The van der Waals surface area contributed by atoms with Crippen LogP contribution >= 0.6 is 23.4 Å². The van der Waals surface area contributed by atoms with E-state index in [0.717, 1.165) is 16.6 Å². The second-order valence-electron chi connectivity index (χ2n) is 5.72. The molecular weight excluding hydrogens is 386 g/mol. The van der Waals surface area contributed by atoms with Crippen molar-refractivity contribution in [3.05, 3.63) is 47.5 Å². The Labute approximate surface area is 165 Å². The minimum atomic E-state index is -0.292. The van der Waals surface area contributed by atoms with Crippen LogP contribution in [0.5, 0.6) is 0 Å². The first-order valence-electron chi connectivity index (χ1n) is 8.26. The zero-order chi connectivity index (χ0) is 19.2. The number of hydrogen-bond acceptors (Lipinski definition) is 5. The molecule has 27 heavy (non-hydrogen) atoms. The maximum absolute atomic E-state index is 12.1. The smallest absolute Gasteiger partial charge is 0.315 e. The third-order valence-electron chi connectivity index (χ3n) is 3.82. The molecule has 0 fully saturated rings. The molecule has 0 atom stereocenters. The predicted octanol–water partition coefficient (Wildman–Crippen LogP) is 4.12. The number of hydrogen-bond donors (Lipinski definition) is 2. The molecule has 0 aliphatic heterocycles. The summed E-state index contributed by atoms with van der Waals surface area (Å²) in [4.78, 5) is 30.9. The number of imidazole rings is 1. The van der Waals surface area contributed by atoms with Gasteiger partial charge in [-0.15, -0.1) is 11.8 Å². The van der Waals surface area contributed by atoms with Gasteiger partial charge in [0.2, 0.25) is 5.91 Å². The standard InChI is InChI=1S/C19H18ClN3O3S/c1-26-18(25)11-27-9-8-17(24)21-12-6-7-15-16(10-12)23-19(22-15)13-4-2-3-5-14(13)20/h2-7,10H,8-9,11H2,1H3,(H,21,24)(H,22,23). The highest BCUT2D eigenvalue weighted by Gasteiger charge is 2.10. The second-order valence-corrected chi connectivity index (χ2v) is 7.24. The number of ether oxygens (including phenoxy) is 1. The number of rotatable bonds is 7. The fourth-order valence-electron chi connectivity index (χ4n) is 2.47. The van der Waals surface area contributed by atoms with Crippen molar-refractivity contribution in [1.82, 2.24) is 9.97 Å². The van der Waals surface area contributed by atoms with Gasteiger partial charge in [-0.05, 0) is 30.3 Å². The Morgan fingerprint density at radius 2 is 2.07 bits per heavy atom. The van der Waals surface area contributed by atoms with Crippen molar-refractivity contribution in [3.63, 3.8) is 0 Å². The molecule has 0 aliphatic carbocycles. The summed E-state index contributed by atoms with van der Waals surface area (Å²) in [7, 11) is 1.35. The fraction of sp³-hybridized carbons (Fsp3) is 0.211. The van der Waals surface area contributed by atoms with Gasteiger partial charge in [0.05, 0.1) is 28.9 Å². The lowest BCUT2D eigenvalue weighted by Gasteiger charge is -2.05. The maximum atomic E-state index is 12.1. The predicted molar refractivity (Wildman–Crippen MR) is 109 cm³/mol. The van der Waals surface area contributed by atoms with Crippen LogP contribution in [-0.4, -0.2) is 40.5 Å². The summed E-state index contributed by atoms with van der Waals surface area (Å²) in [5.41, 5.74) is 3.10. The number of esters is 1. The molecule has 1 aromatic heterocycles. The summed E-state index contributed by atoms with van der Waals surface area (Å²) < 4.78 is 4.56. The van der Waals surface area contributed by atoms with E-state index in [1.807, 2.05) is 36.4 Å². The summed E-state index contributed by atoms with van der Waals surface area (Å²) in [5, 5.41) is 3.47. The number of amides is 1. The zero-order valence-electron chi connectivity index (χ0n) is 14.6. The van der Waals surface area contributed by atoms with Gasteiger partial charge in [0.1, 0.15) is 5.82 Å². The molecule has 0 radical (unpaired) electrons. The number of aromatic nitrogens is 2. The van der Waals surface area contributed by atoms with Crippen molar-refractivity contribution >= 4 is 52.0 Å². The number of nitrogens with zero attached hydrogens (tertiary/aromatic N) is 1. The number of anilines is 1. The third-order valence-corrected chi connectivity index (χ3v) is 5.08. The number of benzene rings is 2. The van der Waals surface area contributed by atoms with Crippen molar-refractivity contribution in [2.24, 2.45) is 0 Å². The van der Waals surface area contributed by atoms with Crippen LogP contribution in [0.25, 0.3) is 22.4 Å². The SMILES string of the molecule is COC(=O)CSCCC(=O)Nc1ccc2nc(-c3ccccc3Cl)[nH]c2c1. The van der Waals surface area contributed by atoms with Crippen LogP contribution in [0, 0.1) is 0 Å². The van der Waals surface area contributed by atoms with Gasteiger partial charge in [-0.25, -0.2) is 4.98 Å². The van der Waals surface area contributed by atoms with Crippen molar-refractivity contribution in [3.8, 4) is 11.4 Å². The summed E-state index contributed by atoms with van der Waals surface area (Å²) in [6.45, 7) is 0. The van der Waals surface area contributed by atoms with E-state index in [4.69, 9.17) is 11.6 Å². The van der Waals surface area contributed by atoms with E-state index in [9.17, 15) is 9.59 Å². The quantitative estimate of drug-likeness (QED) is 0.458. The lowest BCUT2D eigenvalue weighted by atomic mass is 10.2. The van der Waals surface area contributed by atoms with Crippen LogP contribution in [0.4, 0.5) is 5.69 Å². The van der Waals surface area contributed by atoms with Crippen LogP contribution in [0.2, 0.25) is 5.02 Å². The molecule has 1 amide bonds. The highest BCUT2D eigenvalue weighted by atomic mass is 35.5. The van der Waals surface area contributed by atoms with Crippen LogP contribution in [0.3, 0.4) is 0 Å². The highest BCUT2D eigenvalue weighted by Crippen LogP contribution is 2.28. The monoisotopic (exact) mass is 403 g/mol. The Hall–Kier alpha value is -2.51. The first kappa shape index (κ1) is 19.3. The summed E-state index contributed by atoms with van der Waals surface area (Å²) in [5.74, 6) is 1.06. The first-order chi connectivity index (χ1) is 13.1. The molecule has 8 heteroatoms.